The lowest BCUT2D eigenvalue weighted by molar-refractivity contribution is 0.166. The molecular formula is C17H20O6S2. The summed E-state index contributed by atoms with van der Waals surface area (Å²) in [5.74, 6) is 0. The minimum Gasteiger partial charge on any atom is -0.266 e. The second-order valence-corrected chi connectivity index (χ2v) is 8.46. The van der Waals surface area contributed by atoms with Crippen molar-refractivity contribution >= 4 is 20.2 Å². The molecule has 0 N–H and O–H groups in total. The third-order valence-corrected chi connectivity index (χ3v) is 6.16. The van der Waals surface area contributed by atoms with Gasteiger partial charge in [0, 0.05) is 0 Å². The van der Waals surface area contributed by atoms with E-state index in [-0.39, 0.29) is 22.8 Å². The standard InChI is InChI=1S/C17H20O6S2/c1-2-15(23-25(20,21)17-11-7-4-8-12-17)13-14-22-24(18,19)16-9-5-3-6-10-16/h3-12,15H,2,13-14H2,1H3. The van der Waals surface area contributed by atoms with Crippen LogP contribution in [0.15, 0.2) is 70.5 Å². The van der Waals surface area contributed by atoms with Crippen LogP contribution in [-0.2, 0) is 28.6 Å². The van der Waals surface area contributed by atoms with Gasteiger partial charge in [0.15, 0.2) is 0 Å². The first-order valence-corrected chi connectivity index (χ1v) is 10.6. The molecule has 2 aromatic carbocycles. The molecule has 0 saturated carbocycles. The van der Waals surface area contributed by atoms with Gasteiger partial charge in [-0.2, -0.15) is 16.8 Å². The molecular weight excluding hydrogens is 364 g/mol. The Morgan fingerprint density at radius 2 is 1.28 bits per heavy atom. The van der Waals surface area contributed by atoms with E-state index in [4.69, 9.17) is 8.37 Å². The lowest BCUT2D eigenvalue weighted by Crippen LogP contribution is -2.21. The van der Waals surface area contributed by atoms with Crippen LogP contribution in [-0.4, -0.2) is 29.5 Å². The van der Waals surface area contributed by atoms with Gasteiger partial charge in [0.05, 0.1) is 22.5 Å². The molecule has 0 aliphatic rings. The molecule has 0 spiro atoms. The first-order chi connectivity index (χ1) is 11.8. The van der Waals surface area contributed by atoms with Crippen LogP contribution in [0.3, 0.4) is 0 Å². The van der Waals surface area contributed by atoms with E-state index in [0.717, 1.165) is 0 Å². The quantitative estimate of drug-likeness (QED) is 0.618. The molecule has 25 heavy (non-hydrogen) atoms. The van der Waals surface area contributed by atoms with Crippen molar-refractivity contribution in [3.05, 3.63) is 60.7 Å². The summed E-state index contributed by atoms with van der Waals surface area (Å²) in [4.78, 5) is 0.118. The zero-order valence-corrected chi connectivity index (χ0v) is 15.4. The lowest BCUT2D eigenvalue weighted by Gasteiger charge is -2.16. The predicted molar refractivity (Wildman–Crippen MR) is 93.0 cm³/mol. The first-order valence-electron chi connectivity index (χ1n) is 7.78. The summed E-state index contributed by atoms with van der Waals surface area (Å²) in [5.41, 5.74) is 0. The number of rotatable bonds is 9. The summed E-state index contributed by atoms with van der Waals surface area (Å²) >= 11 is 0. The lowest BCUT2D eigenvalue weighted by atomic mass is 10.2. The Kier molecular flexibility index (Phi) is 6.71. The third kappa shape index (κ3) is 5.64. The van der Waals surface area contributed by atoms with Crippen LogP contribution in [0.1, 0.15) is 19.8 Å². The fourth-order valence-corrected chi connectivity index (χ4v) is 4.22. The Hall–Kier alpha value is -1.74. The van der Waals surface area contributed by atoms with Crippen molar-refractivity contribution in [1.29, 1.82) is 0 Å². The average Bonchev–Trinajstić information content (AvgIpc) is 2.62. The van der Waals surface area contributed by atoms with Gasteiger partial charge in [0.25, 0.3) is 20.2 Å². The maximum absolute atomic E-state index is 12.2. The largest absolute Gasteiger partial charge is 0.297 e. The fraction of sp³-hybridized carbons (Fsp3) is 0.294. The molecule has 0 bridgehead atoms. The Labute approximate surface area is 148 Å². The van der Waals surface area contributed by atoms with Crippen LogP contribution < -0.4 is 0 Å². The van der Waals surface area contributed by atoms with Crippen molar-refractivity contribution in [1.82, 2.24) is 0 Å². The van der Waals surface area contributed by atoms with Gasteiger partial charge in [-0.05, 0) is 37.1 Å². The Morgan fingerprint density at radius 1 is 0.800 bits per heavy atom. The molecule has 1 unspecified atom stereocenters. The van der Waals surface area contributed by atoms with Crippen molar-refractivity contribution in [2.24, 2.45) is 0 Å². The van der Waals surface area contributed by atoms with Gasteiger partial charge < -0.3 is 0 Å². The third-order valence-electron chi connectivity index (χ3n) is 3.46. The van der Waals surface area contributed by atoms with E-state index in [2.05, 4.69) is 0 Å². The molecule has 2 aromatic rings. The normalized spacial score (nSPS) is 13.5. The molecule has 8 heteroatoms. The molecule has 0 aliphatic heterocycles. The summed E-state index contributed by atoms with van der Waals surface area (Å²) in [5, 5.41) is 0. The van der Waals surface area contributed by atoms with E-state index in [1.807, 2.05) is 0 Å². The maximum atomic E-state index is 12.2. The van der Waals surface area contributed by atoms with Crippen molar-refractivity contribution in [2.45, 2.75) is 35.7 Å². The highest BCUT2D eigenvalue weighted by Gasteiger charge is 2.22. The van der Waals surface area contributed by atoms with Gasteiger partial charge in [-0.1, -0.05) is 43.3 Å². The van der Waals surface area contributed by atoms with Crippen LogP contribution in [0.5, 0.6) is 0 Å². The molecule has 1 atom stereocenters. The fourth-order valence-electron chi connectivity index (χ4n) is 2.09. The zero-order valence-electron chi connectivity index (χ0n) is 13.7. The highest BCUT2D eigenvalue weighted by molar-refractivity contribution is 7.87. The summed E-state index contributed by atoms with van der Waals surface area (Å²) in [7, 11) is -7.76. The van der Waals surface area contributed by atoms with Crippen LogP contribution in [0, 0.1) is 0 Å². The second kappa shape index (κ2) is 8.57. The molecule has 136 valence electrons. The highest BCUT2D eigenvalue weighted by Crippen LogP contribution is 2.18. The second-order valence-electron chi connectivity index (χ2n) is 5.27. The Balaban J connectivity index is 1.95. The first kappa shape index (κ1) is 19.6. The Bertz CT molecular complexity index is 862. The van der Waals surface area contributed by atoms with E-state index in [1.54, 1.807) is 43.3 Å². The topological polar surface area (TPSA) is 86.7 Å². The van der Waals surface area contributed by atoms with Crippen LogP contribution in [0.25, 0.3) is 0 Å². The molecule has 2 rings (SSSR count). The Morgan fingerprint density at radius 3 is 1.76 bits per heavy atom. The summed E-state index contributed by atoms with van der Waals surface area (Å²) in [6.45, 7) is 1.59. The summed E-state index contributed by atoms with van der Waals surface area (Å²) in [6.07, 6.45) is -0.133. The molecule has 0 aromatic heterocycles. The van der Waals surface area contributed by atoms with Crippen LogP contribution in [0.4, 0.5) is 0 Å². The zero-order chi connectivity index (χ0) is 18.3. The summed E-state index contributed by atoms with van der Waals surface area (Å²) in [6, 6.07) is 15.6. The van der Waals surface area contributed by atoms with Gasteiger partial charge in [-0.15, -0.1) is 0 Å². The van der Waals surface area contributed by atoms with Gasteiger partial charge in [-0.3, -0.25) is 8.37 Å². The van der Waals surface area contributed by atoms with Crippen LogP contribution >= 0.6 is 0 Å². The molecule has 0 fully saturated rings. The molecule has 0 saturated heterocycles. The predicted octanol–water partition coefficient (Wildman–Crippen LogP) is 2.97. The highest BCUT2D eigenvalue weighted by atomic mass is 32.2. The van der Waals surface area contributed by atoms with E-state index in [1.165, 1.54) is 24.3 Å². The smallest absolute Gasteiger partial charge is 0.266 e. The van der Waals surface area contributed by atoms with Crippen molar-refractivity contribution in [2.75, 3.05) is 6.61 Å². The molecule has 6 nitrogen and oxygen atoms in total. The molecule has 0 heterocycles. The van der Waals surface area contributed by atoms with E-state index in [0.29, 0.717) is 6.42 Å². The minimum absolute atomic E-state index is 0.0564. The summed E-state index contributed by atoms with van der Waals surface area (Å²) < 4.78 is 58.6. The number of benzene rings is 2. The molecule has 0 amide bonds. The van der Waals surface area contributed by atoms with Crippen LogP contribution in [0.2, 0.25) is 0 Å². The number of hydrogen-bond acceptors (Lipinski definition) is 6. The molecule has 0 radical (unpaired) electrons. The van der Waals surface area contributed by atoms with E-state index in [9.17, 15) is 16.8 Å². The average molecular weight is 384 g/mol. The van der Waals surface area contributed by atoms with Crippen molar-refractivity contribution in [3.63, 3.8) is 0 Å². The number of hydrogen-bond donors (Lipinski definition) is 0. The monoisotopic (exact) mass is 384 g/mol. The van der Waals surface area contributed by atoms with Gasteiger partial charge in [0.2, 0.25) is 0 Å². The van der Waals surface area contributed by atoms with E-state index >= 15 is 0 Å². The minimum atomic E-state index is -3.89. The SMILES string of the molecule is CCC(CCOS(=O)(=O)c1ccccc1)OS(=O)(=O)c1ccccc1. The van der Waals surface area contributed by atoms with Gasteiger partial charge >= 0.3 is 0 Å². The maximum Gasteiger partial charge on any atom is 0.297 e. The van der Waals surface area contributed by atoms with Crippen molar-refractivity contribution < 1.29 is 25.2 Å². The van der Waals surface area contributed by atoms with Gasteiger partial charge in [-0.25, -0.2) is 0 Å². The van der Waals surface area contributed by atoms with Gasteiger partial charge in [0.1, 0.15) is 0 Å². The molecule has 0 aliphatic carbocycles. The van der Waals surface area contributed by atoms with E-state index < -0.39 is 26.3 Å². The van der Waals surface area contributed by atoms with Crippen molar-refractivity contribution in [3.8, 4) is 0 Å².